The highest BCUT2D eigenvalue weighted by atomic mass is 32.2. The molecule has 0 spiro atoms. The first kappa shape index (κ1) is 28.0. The van der Waals surface area contributed by atoms with Gasteiger partial charge in [0.25, 0.3) is 11.8 Å². The van der Waals surface area contributed by atoms with E-state index in [0.717, 1.165) is 31.2 Å². The van der Waals surface area contributed by atoms with Crippen LogP contribution < -0.4 is 10.6 Å². The molecule has 2 unspecified atom stereocenters. The summed E-state index contributed by atoms with van der Waals surface area (Å²) < 4.78 is -0.533. The van der Waals surface area contributed by atoms with Crippen molar-refractivity contribution in [3.05, 3.63) is 65.2 Å². The van der Waals surface area contributed by atoms with Crippen molar-refractivity contribution in [2.75, 3.05) is 5.88 Å². The monoisotopic (exact) mass is 539 g/mol. The number of amides is 3. The Morgan fingerprint density at radius 2 is 1.76 bits per heavy atom. The number of rotatable bonds is 8. The lowest BCUT2D eigenvalue weighted by atomic mass is 9.96. The lowest BCUT2D eigenvalue weighted by Crippen LogP contribution is -2.59. The number of hydrogen-bond acceptors (Lipinski definition) is 6. The summed E-state index contributed by atoms with van der Waals surface area (Å²) >= 11 is 1.50. The number of aliphatic hydroxyl groups excluding tert-OH is 1. The molecule has 204 valence electrons. The van der Waals surface area contributed by atoms with Crippen LogP contribution >= 0.6 is 11.8 Å². The van der Waals surface area contributed by atoms with E-state index in [1.165, 1.54) is 22.7 Å². The molecule has 1 aliphatic carbocycles. The summed E-state index contributed by atoms with van der Waals surface area (Å²) in [5.74, 6) is -1.04. The Balaban J connectivity index is 1.57. The zero-order valence-electron chi connectivity index (χ0n) is 22.1. The second-order valence-corrected chi connectivity index (χ2v) is 12.3. The zero-order valence-corrected chi connectivity index (χ0v) is 23.0. The summed E-state index contributed by atoms with van der Waals surface area (Å²) in [6, 6.07) is 12.4. The van der Waals surface area contributed by atoms with E-state index in [1.54, 1.807) is 19.1 Å². The molecule has 4 N–H and O–H groups in total. The Hall–Kier alpha value is -3.04. The van der Waals surface area contributed by atoms with Gasteiger partial charge >= 0.3 is 0 Å². The molecular weight excluding hydrogens is 502 g/mol. The van der Waals surface area contributed by atoms with Gasteiger partial charge in [-0.15, -0.1) is 11.8 Å². The third-order valence-corrected chi connectivity index (χ3v) is 8.95. The molecule has 2 fully saturated rings. The predicted molar refractivity (Wildman–Crippen MR) is 148 cm³/mol. The van der Waals surface area contributed by atoms with Crippen LogP contribution in [0.4, 0.5) is 0 Å². The quantitative estimate of drug-likeness (QED) is 0.409. The number of benzene rings is 2. The van der Waals surface area contributed by atoms with Gasteiger partial charge in [-0.3, -0.25) is 14.4 Å². The van der Waals surface area contributed by atoms with Crippen molar-refractivity contribution in [3.63, 3.8) is 0 Å². The highest BCUT2D eigenvalue weighted by molar-refractivity contribution is 8.00. The van der Waals surface area contributed by atoms with Gasteiger partial charge in [0, 0.05) is 21.9 Å². The van der Waals surface area contributed by atoms with E-state index in [9.17, 15) is 24.6 Å². The summed E-state index contributed by atoms with van der Waals surface area (Å²) in [4.78, 5) is 41.8. The van der Waals surface area contributed by atoms with Crippen LogP contribution in [0.15, 0.2) is 48.5 Å². The molecule has 3 atom stereocenters. The fourth-order valence-corrected chi connectivity index (χ4v) is 6.47. The number of thioether (sulfide) groups is 1. The van der Waals surface area contributed by atoms with E-state index in [1.807, 2.05) is 44.2 Å². The van der Waals surface area contributed by atoms with E-state index >= 15 is 0 Å². The second kappa shape index (κ2) is 11.8. The maximum atomic E-state index is 13.7. The Kier molecular flexibility index (Phi) is 8.67. The van der Waals surface area contributed by atoms with Crippen LogP contribution in [0.2, 0.25) is 0 Å². The topological polar surface area (TPSA) is 119 Å². The van der Waals surface area contributed by atoms with Crippen LogP contribution in [0.25, 0.3) is 0 Å². The Morgan fingerprint density at radius 3 is 2.45 bits per heavy atom. The van der Waals surface area contributed by atoms with Crippen LogP contribution in [-0.4, -0.2) is 67.7 Å². The molecule has 1 saturated carbocycles. The molecule has 3 amide bonds. The number of aliphatic hydroxyl groups is 1. The van der Waals surface area contributed by atoms with Crippen LogP contribution in [0.5, 0.6) is 5.75 Å². The third kappa shape index (κ3) is 6.15. The fraction of sp³-hybridized carbons (Fsp3) is 0.483. The van der Waals surface area contributed by atoms with Gasteiger partial charge in [0.15, 0.2) is 6.10 Å². The van der Waals surface area contributed by atoms with E-state index in [4.69, 9.17) is 0 Å². The molecule has 1 saturated heterocycles. The van der Waals surface area contributed by atoms with Crippen LogP contribution in [-0.2, 0) is 16.0 Å². The number of nitrogens with one attached hydrogen (secondary N) is 2. The standard InChI is InChI=1S/C29H37N3O5S/c1-18-21(14-9-15-23(18)33)26(35)31-22(16-19-10-5-4-6-11-19)24(34)28(37)32-17-38-29(2,3)25(32)27(36)30-20-12-7-8-13-20/h4-6,9-11,14-15,20,22,24-25,33-34H,7-8,12-13,16-17H2,1-3H3,(H,30,36)(H,31,35)/t22?,24-,25?/m0/s1. The highest BCUT2D eigenvalue weighted by Crippen LogP contribution is 2.40. The molecule has 2 aromatic rings. The number of phenolic OH excluding ortho intramolecular Hbond substituents is 1. The van der Waals surface area contributed by atoms with Crippen molar-refractivity contribution < 1.29 is 24.6 Å². The average Bonchev–Trinajstić information content (AvgIpc) is 3.51. The van der Waals surface area contributed by atoms with Gasteiger partial charge in [0.2, 0.25) is 5.91 Å². The van der Waals surface area contributed by atoms with Crippen LogP contribution in [0, 0.1) is 6.92 Å². The molecule has 2 aliphatic rings. The Morgan fingerprint density at radius 1 is 1.08 bits per heavy atom. The number of phenols is 1. The summed E-state index contributed by atoms with van der Waals surface area (Å²) in [6.07, 6.45) is 2.65. The maximum absolute atomic E-state index is 13.7. The van der Waals surface area contributed by atoms with Gasteiger partial charge in [-0.2, -0.15) is 0 Å². The van der Waals surface area contributed by atoms with E-state index < -0.39 is 34.7 Å². The minimum Gasteiger partial charge on any atom is -0.508 e. The van der Waals surface area contributed by atoms with Crippen molar-refractivity contribution in [2.24, 2.45) is 0 Å². The van der Waals surface area contributed by atoms with E-state index in [-0.39, 0.29) is 35.6 Å². The second-order valence-electron chi connectivity index (χ2n) is 10.7. The molecule has 38 heavy (non-hydrogen) atoms. The minimum absolute atomic E-state index is 0.0127. The van der Waals surface area contributed by atoms with E-state index in [0.29, 0.717) is 5.56 Å². The van der Waals surface area contributed by atoms with Gasteiger partial charge in [-0.05, 0) is 57.7 Å². The van der Waals surface area contributed by atoms with Gasteiger partial charge in [0.05, 0.1) is 11.9 Å². The predicted octanol–water partition coefficient (Wildman–Crippen LogP) is 3.14. The van der Waals surface area contributed by atoms with Gasteiger partial charge in [-0.25, -0.2) is 0 Å². The van der Waals surface area contributed by atoms with Gasteiger partial charge in [0.1, 0.15) is 11.8 Å². The SMILES string of the molecule is Cc1c(O)cccc1C(=O)NC(Cc1ccccc1)[C@H](O)C(=O)N1CSC(C)(C)C1C(=O)NC1CCCC1. The maximum Gasteiger partial charge on any atom is 0.254 e. The van der Waals surface area contributed by atoms with Crippen molar-refractivity contribution in [3.8, 4) is 5.75 Å². The molecule has 4 rings (SSSR count). The van der Waals surface area contributed by atoms with Crippen molar-refractivity contribution >= 4 is 29.5 Å². The molecule has 1 heterocycles. The summed E-state index contributed by atoms with van der Waals surface area (Å²) in [7, 11) is 0. The molecule has 0 radical (unpaired) electrons. The number of nitrogens with zero attached hydrogens (tertiary/aromatic N) is 1. The van der Waals surface area contributed by atoms with Crippen LogP contribution in [0.1, 0.15) is 61.0 Å². The fourth-order valence-electron chi connectivity index (χ4n) is 5.33. The average molecular weight is 540 g/mol. The molecule has 0 bridgehead atoms. The largest absolute Gasteiger partial charge is 0.508 e. The molecule has 0 aromatic heterocycles. The molecule has 1 aliphatic heterocycles. The molecule has 8 nitrogen and oxygen atoms in total. The minimum atomic E-state index is -1.58. The molecule has 9 heteroatoms. The molecular formula is C29H37N3O5S. The Labute approximate surface area is 228 Å². The van der Waals surface area contributed by atoms with Crippen molar-refractivity contribution in [1.29, 1.82) is 0 Å². The van der Waals surface area contributed by atoms with Gasteiger partial charge in [-0.1, -0.05) is 49.2 Å². The number of aromatic hydroxyl groups is 1. The summed E-state index contributed by atoms with van der Waals surface area (Å²) in [5, 5.41) is 27.4. The number of hydrogen-bond donors (Lipinski definition) is 4. The number of carbonyl (C=O) groups excluding carboxylic acids is 3. The smallest absolute Gasteiger partial charge is 0.254 e. The van der Waals surface area contributed by atoms with E-state index in [2.05, 4.69) is 10.6 Å². The highest BCUT2D eigenvalue weighted by Gasteiger charge is 2.50. The normalized spacial score (nSPS) is 20.6. The Bertz CT molecular complexity index is 1170. The first-order chi connectivity index (χ1) is 18.1. The molecule has 2 aromatic carbocycles. The lowest BCUT2D eigenvalue weighted by Gasteiger charge is -2.34. The van der Waals surface area contributed by atoms with Crippen LogP contribution in [0.3, 0.4) is 0 Å². The first-order valence-corrected chi connectivity index (χ1v) is 14.1. The lowest BCUT2D eigenvalue weighted by molar-refractivity contribution is -0.147. The summed E-state index contributed by atoms with van der Waals surface area (Å²) in [6.45, 7) is 5.50. The van der Waals surface area contributed by atoms with Crippen molar-refractivity contribution in [1.82, 2.24) is 15.5 Å². The number of carbonyl (C=O) groups is 3. The first-order valence-electron chi connectivity index (χ1n) is 13.1. The third-order valence-electron chi connectivity index (χ3n) is 7.58. The van der Waals surface area contributed by atoms with Gasteiger partial charge < -0.3 is 25.7 Å². The zero-order chi connectivity index (χ0) is 27.4. The van der Waals surface area contributed by atoms with Crippen molar-refractivity contribution in [2.45, 2.75) is 81.9 Å². The summed E-state index contributed by atoms with van der Waals surface area (Å²) in [5.41, 5.74) is 1.50.